The SMILES string of the molecule is CO[C@H]1[C@@H](n2cnc3c(N)ncnc32)O[C@](C)(COP(O)(=S)O[C@@H]2[C@@H](F)[C@@H](CO)O[C@H]2n2cnc3c(=O)[nH]c(N)nc32)[C@H]1O[PH](O)=S. The molecular formula is C22H29FN10O10P2S2. The second kappa shape index (κ2) is 13.0. The summed E-state index contributed by atoms with van der Waals surface area (Å²) in [4.78, 5) is 56.3. The van der Waals surface area contributed by atoms with Crippen LogP contribution in [0.3, 0.4) is 0 Å². The van der Waals surface area contributed by atoms with Crippen molar-refractivity contribution in [2.75, 3.05) is 31.8 Å². The molecule has 2 aliphatic rings. The number of nitrogen functional groups attached to an aromatic ring is 2. The Hall–Kier alpha value is -2.63. The molecule has 6 rings (SSSR count). The number of methoxy groups -OCH3 is 1. The number of nitrogens with zero attached hydrogens (tertiary/aromatic N) is 7. The van der Waals surface area contributed by atoms with Gasteiger partial charge in [0, 0.05) is 7.11 Å². The molecule has 2 unspecified atom stereocenters. The van der Waals surface area contributed by atoms with Gasteiger partial charge in [0.05, 0.1) is 25.9 Å². The van der Waals surface area contributed by atoms with Crippen LogP contribution >= 0.6 is 13.9 Å². The Morgan fingerprint density at radius 1 is 1.17 bits per heavy atom. The fourth-order valence-electron chi connectivity index (χ4n) is 5.54. The van der Waals surface area contributed by atoms with Gasteiger partial charge in [-0.1, -0.05) is 0 Å². The predicted octanol–water partition coefficient (Wildman–Crippen LogP) is -0.844. The third-order valence-electron chi connectivity index (χ3n) is 7.67. The molecule has 0 bridgehead atoms. The van der Waals surface area contributed by atoms with E-state index >= 15 is 4.39 Å². The molecule has 2 saturated heterocycles. The summed E-state index contributed by atoms with van der Waals surface area (Å²) in [5, 5.41) is 9.75. The van der Waals surface area contributed by atoms with Gasteiger partial charge in [0.15, 0.2) is 48.4 Å². The molecule has 0 amide bonds. The smallest absolute Gasteiger partial charge is 0.325 e. The lowest BCUT2D eigenvalue weighted by molar-refractivity contribution is -0.111. The van der Waals surface area contributed by atoms with E-state index in [0.717, 1.165) is 6.33 Å². The van der Waals surface area contributed by atoms with E-state index in [-0.39, 0.29) is 22.9 Å². The Morgan fingerprint density at radius 3 is 2.55 bits per heavy atom. The lowest BCUT2D eigenvalue weighted by atomic mass is 9.98. The van der Waals surface area contributed by atoms with E-state index in [9.17, 15) is 19.7 Å². The highest BCUT2D eigenvalue weighted by Gasteiger charge is 2.57. The molecule has 47 heavy (non-hydrogen) atoms. The third-order valence-corrected chi connectivity index (χ3v) is 9.95. The van der Waals surface area contributed by atoms with Crippen molar-refractivity contribution in [3.8, 4) is 0 Å². The summed E-state index contributed by atoms with van der Waals surface area (Å²) < 4.78 is 53.0. The molecule has 10 atom stereocenters. The van der Waals surface area contributed by atoms with Crippen LogP contribution in [0.4, 0.5) is 16.2 Å². The molecule has 2 aliphatic heterocycles. The van der Waals surface area contributed by atoms with E-state index in [0.29, 0.717) is 11.2 Å². The quantitative estimate of drug-likeness (QED) is 0.102. The van der Waals surface area contributed by atoms with E-state index in [1.54, 1.807) is 0 Å². The zero-order valence-electron chi connectivity index (χ0n) is 24.3. The Bertz CT molecular complexity index is 1940. The van der Waals surface area contributed by atoms with Crippen LogP contribution in [0.25, 0.3) is 22.3 Å². The maximum atomic E-state index is 15.6. The molecule has 8 N–H and O–H groups in total. The summed E-state index contributed by atoms with van der Waals surface area (Å²) in [6, 6.07) is 0. The van der Waals surface area contributed by atoms with Crippen LogP contribution in [-0.4, -0.2) is 110 Å². The average molecular weight is 739 g/mol. The van der Waals surface area contributed by atoms with Gasteiger partial charge in [-0.25, -0.2) is 24.3 Å². The van der Waals surface area contributed by atoms with Crippen molar-refractivity contribution in [2.45, 2.75) is 55.6 Å². The number of anilines is 2. The summed E-state index contributed by atoms with van der Waals surface area (Å²) in [6.07, 6.45) is -5.75. The van der Waals surface area contributed by atoms with Gasteiger partial charge in [0.25, 0.3) is 5.56 Å². The van der Waals surface area contributed by atoms with E-state index < -0.39 is 81.3 Å². The predicted molar refractivity (Wildman–Crippen MR) is 168 cm³/mol. The topological polar surface area (TPSA) is 275 Å². The number of aromatic nitrogens is 8. The highest BCUT2D eigenvalue weighted by atomic mass is 32.5. The monoisotopic (exact) mass is 738 g/mol. The highest BCUT2D eigenvalue weighted by Crippen LogP contribution is 2.53. The number of nitrogens with two attached hydrogens (primary N) is 2. The molecule has 0 spiro atoms. The van der Waals surface area contributed by atoms with Crippen molar-refractivity contribution in [2.24, 2.45) is 0 Å². The maximum absolute atomic E-state index is 15.6. The minimum Gasteiger partial charge on any atom is -0.394 e. The van der Waals surface area contributed by atoms with Crippen LogP contribution in [0.15, 0.2) is 23.8 Å². The average Bonchev–Trinajstić information content (AvgIpc) is 3.76. The molecule has 25 heteroatoms. The second-order valence-electron chi connectivity index (χ2n) is 10.7. The molecule has 0 radical (unpaired) electrons. The maximum Gasteiger partial charge on any atom is 0.325 e. The molecule has 6 heterocycles. The number of alkyl halides is 1. The number of aliphatic hydroxyl groups is 1. The van der Waals surface area contributed by atoms with Crippen molar-refractivity contribution >= 4 is 71.6 Å². The van der Waals surface area contributed by atoms with Crippen molar-refractivity contribution in [1.82, 2.24) is 39.0 Å². The summed E-state index contributed by atoms with van der Waals surface area (Å²) in [5.41, 5.74) is 9.84. The van der Waals surface area contributed by atoms with Crippen molar-refractivity contribution in [3.63, 3.8) is 0 Å². The number of H-pyrrole nitrogens is 1. The first-order valence-electron chi connectivity index (χ1n) is 13.6. The van der Waals surface area contributed by atoms with Gasteiger partial charge in [-0.2, -0.15) is 4.98 Å². The van der Waals surface area contributed by atoms with Crippen molar-refractivity contribution < 1.29 is 47.1 Å². The minimum atomic E-state index is -4.37. The standard InChI is InChI=1S/C22H29FN10O10P2S2/c1-22(14(42-44(36)46)13(38-2)20(41-22)32-6-28-10-15(24)26-5-27-16(10)32)4-39-45(37,47)43-12-9(23)8(3-34)40-19(12)33-7-29-11-17(33)30-21(25)31-18(11)35/h5-9,12-14,19-20,34,44H,3-4H2,1-2H3,(H,36,46)(H,37,47)(H2,24,26,27)(H3,25,30,31,35)/t8-,9+,12-,13-,14+,19-,20+,22-,45?/m1/s1. The molecule has 0 aromatic carbocycles. The van der Waals surface area contributed by atoms with Crippen LogP contribution in [0, 0.1) is 0 Å². The molecule has 4 aromatic rings. The normalized spacial score (nSPS) is 31.5. The van der Waals surface area contributed by atoms with Crippen molar-refractivity contribution in [3.05, 3.63) is 29.3 Å². The number of aliphatic hydroxyl groups excluding tert-OH is 1. The minimum absolute atomic E-state index is 0.0733. The molecule has 20 nitrogen and oxygen atoms in total. The Morgan fingerprint density at radius 2 is 1.87 bits per heavy atom. The molecule has 2 fully saturated rings. The Labute approximate surface area is 274 Å². The van der Waals surface area contributed by atoms with Gasteiger partial charge in [0.2, 0.25) is 5.95 Å². The Balaban J connectivity index is 1.27. The first-order chi connectivity index (χ1) is 22.3. The largest absolute Gasteiger partial charge is 0.394 e. The molecule has 0 saturated carbocycles. The number of imidazole rings is 2. The lowest BCUT2D eigenvalue weighted by Crippen LogP contribution is -2.45. The lowest BCUT2D eigenvalue weighted by Gasteiger charge is -2.32. The van der Waals surface area contributed by atoms with Gasteiger partial charge < -0.3 is 49.6 Å². The van der Waals surface area contributed by atoms with Crippen LogP contribution in [-0.2, 0) is 51.4 Å². The number of rotatable bonds is 11. The van der Waals surface area contributed by atoms with E-state index in [1.165, 1.54) is 35.8 Å². The summed E-state index contributed by atoms with van der Waals surface area (Å²) in [7, 11) is -1.38. The number of fused-ring (bicyclic) bond motifs is 2. The number of halogens is 1. The molecule has 4 aromatic heterocycles. The number of aromatic amines is 1. The third kappa shape index (κ3) is 6.32. The fourth-order valence-corrected chi connectivity index (χ4v) is 7.91. The van der Waals surface area contributed by atoms with Crippen LogP contribution in [0.5, 0.6) is 0 Å². The van der Waals surface area contributed by atoms with E-state index in [4.69, 9.17) is 62.9 Å². The number of hydrogen-bond acceptors (Lipinski definition) is 17. The second-order valence-corrected chi connectivity index (χ2v) is 15.3. The first-order valence-corrected chi connectivity index (χ1v) is 18.7. The van der Waals surface area contributed by atoms with Crippen molar-refractivity contribution in [1.29, 1.82) is 0 Å². The molecule has 0 aliphatic carbocycles. The van der Waals surface area contributed by atoms with Gasteiger partial charge in [-0.05, 0) is 30.5 Å². The zero-order chi connectivity index (χ0) is 33.8. The molecule has 256 valence electrons. The summed E-state index contributed by atoms with van der Waals surface area (Å²) in [6.45, 7) is -4.13. The van der Waals surface area contributed by atoms with Gasteiger partial charge in [-0.3, -0.25) is 23.4 Å². The van der Waals surface area contributed by atoms with E-state index in [2.05, 4.69) is 29.9 Å². The number of ether oxygens (including phenoxy) is 3. The summed E-state index contributed by atoms with van der Waals surface area (Å²) in [5.74, 6) is -0.117. The first kappa shape index (κ1) is 34.2. The molecular weight excluding hydrogens is 709 g/mol. The van der Waals surface area contributed by atoms with Crippen LogP contribution in [0.1, 0.15) is 19.4 Å². The number of nitrogens with one attached hydrogen (secondary N) is 1. The highest BCUT2D eigenvalue weighted by molar-refractivity contribution is 8.07. The van der Waals surface area contributed by atoms with Crippen LogP contribution in [0.2, 0.25) is 0 Å². The Kier molecular flexibility index (Phi) is 9.48. The van der Waals surface area contributed by atoms with Crippen LogP contribution < -0.4 is 17.0 Å². The van der Waals surface area contributed by atoms with Gasteiger partial charge in [-0.15, -0.1) is 0 Å². The fraction of sp³-hybridized carbons (Fsp3) is 0.545. The van der Waals surface area contributed by atoms with Gasteiger partial charge >= 0.3 is 6.72 Å². The zero-order valence-corrected chi connectivity index (χ0v) is 27.8. The van der Waals surface area contributed by atoms with Gasteiger partial charge in [0.1, 0.15) is 41.9 Å². The van der Waals surface area contributed by atoms with E-state index in [1.807, 2.05) is 0 Å². The summed E-state index contributed by atoms with van der Waals surface area (Å²) >= 11 is 10.2. The number of hydrogen-bond donors (Lipinski definition) is 6.